The molecule has 4 nitrogen and oxygen atoms in total. The molecule has 0 unspecified atom stereocenters. The normalized spacial score (nSPS) is 10.1. The maximum Gasteiger partial charge on any atom is 0.236 e. The molecular formula is C11H10BrN3O. The van der Waals surface area contributed by atoms with Crippen molar-refractivity contribution in [2.45, 2.75) is 6.54 Å². The van der Waals surface area contributed by atoms with Crippen molar-refractivity contribution >= 4 is 15.9 Å². The number of hydrogen-bond donors (Lipinski definition) is 1. The number of rotatable bonds is 3. The van der Waals surface area contributed by atoms with Crippen LogP contribution in [0.15, 0.2) is 41.3 Å². The van der Waals surface area contributed by atoms with E-state index < -0.39 is 0 Å². The fourth-order valence-corrected chi connectivity index (χ4v) is 1.55. The van der Waals surface area contributed by atoms with E-state index in [0.29, 0.717) is 22.6 Å². The van der Waals surface area contributed by atoms with Gasteiger partial charge in [0, 0.05) is 18.3 Å². The zero-order chi connectivity index (χ0) is 11.4. The molecule has 0 atom stereocenters. The van der Waals surface area contributed by atoms with E-state index in [1.807, 2.05) is 24.3 Å². The van der Waals surface area contributed by atoms with Gasteiger partial charge >= 0.3 is 0 Å². The number of hydrogen-bond acceptors (Lipinski definition) is 4. The van der Waals surface area contributed by atoms with Crippen LogP contribution in [0.25, 0.3) is 0 Å². The molecule has 0 saturated carbocycles. The van der Waals surface area contributed by atoms with E-state index in [9.17, 15) is 0 Å². The Bertz CT molecular complexity index is 490. The first kappa shape index (κ1) is 11.0. The van der Waals surface area contributed by atoms with Crippen LogP contribution in [0.1, 0.15) is 5.56 Å². The lowest BCUT2D eigenvalue weighted by molar-refractivity contribution is 0.452. The highest BCUT2D eigenvalue weighted by Crippen LogP contribution is 2.28. The Morgan fingerprint density at radius 1 is 1.31 bits per heavy atom. The fraction of sp³-hybridized carbons (Fsp3) is 0.0909. The number of halogens is 1. The van der Waals surface area contributed by atoms with Gasteiger partial charge in [0.1, 0.15) is 12.1 Å². The number of nitrogens with zero attached hydrogens (tertiary/aromatic N) is 2. The minimum Gasteiger partial charge on any atom is -0.437 e. The minimum atomic E-state index is 0.429. The molecule has 2 N–H and O–H groups in total. The van der Waals surface area contributed by atoms with E-state index >= 15 is 0 Å². The van der Waals surface area contributed by atoms with Crippen molar-refractivity contribution in [2.24, 2.45) is 5.73 Å². The second-order valence-electron chi connectivity index (χ2n) is 3.09. The van der Waals surface area contributed by atoms with Crippen LogP contribution in [0.4, 0.5) is 0 Å². The van der Waals surface area contributed by atoms with Crippen LogP contribution in [-0.4, -0.2) is 9.97 Å². The third kappa shape index (κ3) is 2.37. The van der Waals surface area contributed by atoms with Crippen LogP contribution in [0.3, 0.4) is 0 Å². The van der Waals surface area contributed by atoms with Crippen molar-refractivity contribution in [3.05, 3.63) is 46.8 Å². The van der Waals surface area contributed by atoms with Crippen LogP contribution >= 0.6 is 15.9 Å². The quantitative estimate of drug-likeness (QED) is 0.938. The third-order valence-electron chi connectivity index (χ3n) is 2.03. The minimum absolute atomic E-state index is 0.429. The van der Waals surface area contributed by atoms with E-state index in [1.54, 1.807) is 6.20 Å². The number of nitrogens with two attached hydrogens (primary N) is 1. The van der Waals surface area contributed by atoms with E-state index in [-0.39, 0.29) is 0 Å². The standard InChI is InChI=1S/C11H10BrN3O/c12-9-6-14-7-15-11(9)16-10-4-2-1-3-8(10)5-13/h1-4,6-7H,5,13H2. The van der Waals surface area contributed by atoms with Gasteiger partial charge in [-0.15, -0.1) is 0 Å². The van der Waals surface area contributed by atoms with Gasteiger partial charge in [0.15, 0.2) is 0 Å². The van der Waals surface area contributed by atoms with Gasteiger partial charge in [-0.2, -0.15) is 0 Å². The van der Waals surface area contributed by atoms with Crippen molar-refractivity contribution in [3.8, 4) is 11.6 Å². The SMILES string of the molecule is NCc1ccccc1Oc1ncncc1Br. The smallest absolute Gasteiger partial charge is 0.236 e. The lowest BCUT2D eigenvalue weighted by Crippen LogP contribution is -2.00. The van der Waals surface area contributed by atoms with Gasteiger partial charge in [-0.3, -0.25) is 0 Å². The van der Waals surface area contributed by atoms with Gasteiger partial charge in [-0.1, -0.05) is 18.2 Å². The van der Waals surface area contributed by atoms with E-state index in [1.165, 1.54) is 6.33 Å². The molecule has 0 radical (unpaired) electrons. The van der Waals surface area contributed by atoms with Crippen LogP contribution in [0.2, 0.25) is 0 Å². The summed E-state index contributed by atoms with van der Waals surface area (Å²) in [5.41, 5.74) is 6.56. The molecule has 2 rings (SSSR count). The fourth-order valence-electron chi connectivity index (χ4n) is 1.25. The summed E-state index contributed by atoms with van der Waals surface area (Å²) in [5, 5.41) is 0. The lowest BCUT2D eigenvalue weighted by atomic mass is 10.2. The number of para-hydroxylation sites is 1. The second kappa shape index (κ2) is 5.05. The molecule has 0 amide bonds. The van der Waals surface area contributed by atoms with Crippen molar-refractivity contribution in [1.29, 1.82) is 0 Å². The molecule has 2 aromatic rings. The summed E-state index contributed by atoms with van der Waals surface area (Å²) in [5.74, 6) is 1.19. The van der Waals surface area contributed by atoms with Gasteiger partial charge in [-0.05, 0) is 22.0 Å². The van der Waals surface area contributed by atoms with Crippen LogP contribution < -0.4 is 10.5 Å². The highest BCUT2D eigenvalue weighted by Gasteiger charge is 2.06. The molecule has 0 aliphatic rings. The molecule has 0 aliphatic carbocycles. The monoisotopic (exact) mass is 279 g/mol. The van der Waals surface area contributed by atoms with Gasteiger partial charge in [0.2, 0.25) is 5.88 Å². The molecule has 82 valence electrons. The molecule has 5 heteroatoms. The Hall–Kier alpha value is -1.46. The van der Waals surface area contributed by atoms with Gasteiger partial charge in [0.05, 0.1) is 4.47 Å². The van der Waals surface area contributed by atoms with Crippen molar-refractivity contribution < 1.29 is 4.74 Å². The highest BCUT2D eigenvalue weighted by atomic mass is 79.9. The van der Waals surface area contributed by atoms with Crippen molar-refractivity contribution in [2.75, 3.05) is 0 Å². The largest absolute Gasteiger partial charge is 0.437 e. The maximum absolute atomic E-state index is 5.65. The summed E-state index contributed by atoms with van der Waals surface area (Å²) in [7, 11) is 0. The van der Waals surface area contributed by atoms with E-state index in [2.05, 4.69) is 25.9 Å². The number of aromatic nitrogens is 2. The topological polar surface area (TPSA) is 61.0 Å². The zero-order valence-corrected chi connectivity index (χ0v) is 10.0. The second-order valence-corrected chi connectivity index (χ2v) is 3.94. The Morgan fingerprint density at radius 3 is 2.88 bits per heavy atom. The summed E-state index contributed by atoms with van der Waals surface area (Å²) in [6, 6.07) is 7.59. The van der Waals surface area contributed by atoms with Gasteiger partial charge in [-0.25, -0.2) is 9.97 Å². The molecule has 1 aromatic carbocycles. The number of ether oxygens (including phenoxy) is 1. The first-order valence-corrected chi connectivity index (χ1v) is 5.52. The molecule has 1 aromatic heterocycles. The number of benzene rings is 1. The predicted octanol–water partition coefficient (Wildman–Crippen LogP) is 2.49. The predicted molar refractivity (Wildman–Crippen MR) is 64.1 cm³/mol. The molecule has 1 heterocycles. The molecule has 0 bridgehead atoms. The molecular weight excluding hydrogens is 270 g/mol. The zero-order valence-electron chi connectivity index (χ0n) is 8.43. The highest BCUT2D eigenvalue weighted by molar-refractivity contribution is 9.10. The third-order valence-corrected chi connectivity index (χ3v) is 2.58. The molecule has 0 saturated heterocycles. The Morgan fingerprint density at radius 2 is 2.12 bits per heavy atom. The van der Waals surface area contributed by atoms with Crippen molar-refractivity contribution in [1.82, 2.24) is 9.97 Å². The summed E-state index contributed by atoms with van der Waals surface area (Å²) in [4.78, 5) is 7.89. The van der Waals surface area contributed by atoms with E-state index in [0.717, 1.165) is 5.56 Å². The van der Waals surface area contributed by atoms with Crippen LogP contribution in [-0.2, 0) is 6.54 Å². The Balaban J connectivity index is 2.30. The van der Waals surface area contributed by atoms with Crippen LogP contribution in [0, 0.1) is 0 Å². The summed E-state index contributed by atoms with van der Waals surface area (Å²) < 4.78 is 6.36. The maximum atomic E-state index is 5.65. The van der Waals surface area contributed by atoms with Gasteiger partial charge < -0.3 is 10.5 Å². The van der Waals surface area contributed by atoms with Crippen molar-refractivity contribution in [3.63, 3.8) is 0 Å². The molecule has 0 fully saturated rings. The average molecular weight is 280 g/mol. The molecule has 0 aliphatic heterocycles. The first-order chi connectivity index (χ1) is 7.81. The molecule has 0 spiro atoms. The Kier molecular flexibility index (Phi) is 3.48. The lowest BCUT2D eigenvalue weighted by Gasteiger charge is -2.09. The van der Waals surface area contributed by atoms with E-state index in [4.69, 9.17) is 10.5 Å². The first-order valence-electron chi connectivity index (χ1n) is 4.72. The average Bonchev–Trinajstić information content (AvgIpc) is 2.33. The summed E-state index contributed by atoms with van der Waals surface area (Å²) in [6.45, 7) is 0.429. The summed E-state index contributed by atoms with van der Waals surface area (Å²) in [6.07, 6.45) is 3.07. The summed E-state index contributed by atoms with van der Waals surface area (Å²) >= 11 is 3.32. The van der Waals surface area contributed by atoms with Gasteiger partial charge in [0.25, 0.3) is 0 Å². The van der Waals surface area contributed by atoms with Crippen LogP contribution in [0.5, 0.6) is 11.6 Å². The molecule has 16 heavy (non-hydrogen) atoms. The Labute approximate surface area is 102 Å².